The molecule has 0 radical (unpaired) electrons. The van der Waals surface area contributed by atoms with E-state index in [-0.39, 0.29) is 21.8 Å². The largest absolute Gasteiger partial charge is 0.390 e. The molecule has 0 aliphatic rings. The molecule has 2 heterocycles. The van der Waals surface area contributed by atoms with E-state index in [1.54, 1.807) is 29.6 Å². The monoisotopic (exact) mass is 468 g/mol. The Kier molecular flexibility index (Phi) is 5.67. The molecular formula is C20H13ClN6O4S. The number of nitro benzene ring substituents is 1. The predicted octanol–water partition coefficient (Wildman–Crippen LogP) is 3.35. The number of non-ortho nitro benzene ring substituents is 1. The van der Waals surface area contributed by atoms with E-state index in [4.69, 9.17) is 17.3 Å². The van der Waals surface area contributed by atoms with Gasteiger partial charge >= 0.3 is 0 Å². The minimum absolute atomic E-state index is 0.0386. The Bertz CT molecular complexity index is 1430. The first kappa shape index (κ1) is 21.2. The van der Waals surface area contributed by atoms with E-state index in [1.807, 2.05) is 0 Å². The van der Waals surface area contributed by atoms with Gasteiger partial charge in [-0.15, -0.1) is 11.3 Å². The van der Waals surface area contributed by atoms with E-state index in [2.05, 4.69) is 15.6 Å². The molecule has 1 amide bonds. The SMILES string of the molecule is Nc1scc2c(C(=O)N/N=C/c3ccc([N+](=O)[O-])cc3)nn(-c3ccc(Cl)cc3)c(=O)c12. The third-order valence-electron chi connectivity index (χ3n) is 4.45. The van der Waals surface area contributed by atoms with Crippen LogP contribution in [0.15, 0.2) is 63.8 Å². The van der Waals surface area contributed by atoms with Crippen LogP contribution in [-0.2, 0) is 0 Å². The molecule has 2 aromatic carbocycles. The van der Waals surface area contributed by atoms with Crippen molar-refractivity contribution >= 4 is 56.5 Å². The molecule has 4 rings (SSSR count). The Labute approximate surface area is 188 Å². The van der Waals surface area contributed by atoms with E-state index in [1.165, 1.54) is 30.5 Å². The van der Waals surface area contributed by atoms with Crippen LogP contribution in [0.3, 0.4) is 0 Å². The number of hydrazone groups is 1. The molecule has 32 heavy (non-hydrogen) atoms. The van der Waals surface area contributed by atoms with E-state index >= 15 is 0 Å². The van der Waals surface area contributed by atoms with Gasteiger partial charge in [-0.25, -0.2) is 5.43 Å². The molecule has 4 aromatic rings. The van der Waals surface area contributed by atoms with Crippen LogP contribution in [0.2, 0.25) is 5.02 Å². The number of thiophene rings is 1. The zero-order chi connectivity index (χ0) is 22.8. The van der Waals surface area contributed by atoms with Gasteiger partial charge in [-0.3, -0.25) is 19.7 Å². The zero-order valence-corrected chi connectivity index (χ0v) is 17.6. The normalized spacial score (nSPS) is 11.2. The summed E-state index contributed by atoms with van der Waals surface area (Å²) >= 11 is 7.04. The average molecular weight is 469 g/mol. The second-order valence-electron chi connectivity index (χ2n) is 6.48. The average Bonchev–Trinajstić information content (AvgIpc) is 3.17. The van der Waals surface area contributed by atoms with Crippen molar-refractivity contribution in [1.82, 2.24) is 15.2 Å². The molecule has 2 aromatic heterocycles. The smallest absolute Gasteiger partial charge is 0.292 e. The number of aromatic nitrogens is 2. The van der Waals surface area contributed by atoms with Crippen LogP contribution in [0, 0.1) is 10.1 Å². The number of carbonyl (C=O) groups is 1. The number of fused-ring (bicyclic) bond motifs is 1. The third kappa shape index (κ3) is 4.06. The van der Waals surface area contributed by atoms with Crippen molar-refractivity contribution in [2.24, 2.45) is 5.10 Å². The fourth-order valence-corrected chi connectivity index (χ4v) is 3.81. The number of benzene rings is 2. The van der Waals surface area contributed by atoms with Crippen LogP contribution >= 0.6 is 22.9 Å². The van der Waals surface area contributed by atoms with Crippen molar-refractivity contribution in [3.63, 3.8) is 0 Å². The standard InChI is InChI=1S/C20H13ClN6O4S/c21-12-3-7-13(8-4-12)26-20(29)16-15(10-32-18(16)22)17(25-26)19(28)24-23-9-11-1-5-14(6-2-11)27(30)31/h1-10H,22H2,(H,24,28)/b23-9+. The van der Waals surface area contributed by atoms with E-state index < -0.39 is 16.4 Å². The maximum absolute atomic E-state index is 12.9. The van der Waals surface area contributed by atoms with Gasteiger partial charge in [0.1, 0.15) is 0 Å². The van der Waals surface area contributed by atoms with Crippen molar-refractivity contribution in [1.29, 1.82) is 0 Å². The Hall–Kier alpha value is -4.09. The summed E-state index contributed by atoms with van der Waals surface area (Å²) in [5.41, 5.74) is 8.72. The maximum Gasteiger partial charge on any atom is 0.292 e. The molecule has 0 aliphatic heterocycles. The fourth-order valence-electron chi connectivity index (χ4n) is 2.90. The lowest BCUT2D eigenvalue weighted by molar-refractivity contribution is -0.384. The number of anilines is 1. The molecule has 12 heteroatoms. The van der Waals surface area contributed by atoms with Crippen LogP contribution in [0.4, 0.5) is 10.7 Å². The van der Waals surface area contributed by atoms with Gasteiger partial charge in [-0.05, 0) is 42.0 Å². The van der Waals surface area contributed by atoms with Crippen LogP contribution in [-0.4, -0.2) is 26.8 Å². The van der Waals surface area contributed by atoms with Crippen LogP contribution in [0.5, 0.6) is 0 Å². The number of nitro groups is 1. The number of amides is 1. The summed E-state index contributed by atoms with van der Waals surface area (Å²) < 4.78 is 1.08. The second kappa shape index (κ2) is 8.57. The summed E-state index contributed by atoms with van der Waals surface area (Å²) in [6.45, 7) is 0. The van der Waals surface area contributed by atoms with Gasteiger partial charge in [0.15, 0.2) is 5.69 Å². The van der Waals surface area contributed by atoms with Crippen molar-refractivity contribution in [3.8, 4) is 5.69 Å². The van der Waals surface area contributed by atoms with Gasteiger partial charge in [-0.2, -0.15) is 14.9 Å². The number of nitrogens with zero attached hydrogens (tertiary/aromatic N) is 4. The molecule has 0 spiro atoms. The zero-order valence-electron chi connectivity index (χ0n) is 16.1. The predicted molar refractivity (Wildman–Crippen MR) is 123 cm³/mol. The van der Waals surface area contributed by atoms with Crippen LogP contribution < -0.4 is 16.7 Å². The van der Waals surface area contributed by atoms with Gasteiger partial charge < -0.3 is 5.73 Å². The molecule has 0 saturated heterocycles. The molecular weight excluding hydrogens is 456 g/mol. The lowest BCUT2D eigenvalue weighted by Crippen LogP contribution is -2.28. The summed E-state index contributed by atoms with van der Waals surface area (Å²) in [6, 6.07) is 12.0. The summed E-state index contributed by atoms with van der Waals surface area (Å²) in [4.78, 5) is 35.9. The van der Waals surface area contributed by atoms with E-state index in [0.29, 0.717) is 21.7 Å². The highest BCUT2D eigenvalue weighted by Crippen LogP contribution is 2.27. The maximum atomic E-state index is 12.9. The molecule has 0 unspecified atom stereocenters. The van der Waals surface area contributed by atoms with Crippen molar-refractivity contribution < 1.29 is 9.72 Å². The minimum Gasteiger partial charge on any atom is -0.390 e. The molecule has 0 fully saturated rings. The Balaban J connectivity index is 1.67. The van der Waals surface area contributed by atoms with Crippen LogP contribution in [0.1, 0.15) is 16.1 Å². The fraction of sp³-hybridized carbons (Fsp3) is 0. The van der Waals surface area contributed by atoms with Gasteiger partial charge in [-0.1, -0.05) is 11.6 Å². The number of hydrogen-bond acceptors (Lipinski definition) is 8. The number of rotatable bonds is 5. The Morgan fingerprint density at radius 2 is 1.91 bits per heavy atom. The molecule has 0 atom stereocenters. The minimum atomic E-state index is -0.659. The lowest BCUT2D eigenvalue weighted by atomic mass is 10.2. The summed E-state index contributed by atoms with van der Waals surface area (Å²) in [5.74, 6) is -0.659. The highest BCUT2D eigenvalue weighted by Gasteiger charge is 2.20. The quantitative estimate of drug-likeness (QED) is 0.261. The summed E-state index contributed by atoms with van der Waals surface area (Å²) in [6.07, 6.45) is 1.33. The first-order valence-corrected chi connectivity index (χ1v) is 10.2. The molecule has 0 bridgehead atoms. The molecule has 10 nitrogen and oxygen atoms in total. The number of hydrogen-bond donors (Lipinski definition) is 2. The highest BCUT2D eigenvalue weighted by molar-refractivity contribution is 7.15. The lowest BCUT2D eigenvalue weighted by Gasteiger charge is -2.08. The van der Waals surface area contributed by atoms with Crippen molar-refractivity contribution in [2.45, 2.75) is 0 Å². The van der Waals surface area contributed by atoms with Gasteiger partial charge in [0.05, 0.1) is 27.2 Å². The molecule has 0 aliphatic carbocycles. The van der Waals surface area contributed by atoms with Gasteiger partial charge in [0.25, 0.3) is 17.2 Å². The first-order chi connectivity index (χ1) is 15.3. The van der Waals surface area contributed by atoms with Crippen LogP contribution in [0.25, 0.3) is 16.5 Å². The van der Waals surface area contributed by atoms with Crippen molar-refractivity contribution in [3.05, 3.63) is 90.7 Å². The number of halogens is 1. The third-order valence-corrected chi connectivity index (χ3v) is 5.51. The van der Waals surface area contributed by atoms with Crippen molar-refractivity contribution in [2.75, 3.05) is 5.73 Å². The Morgan fingerprint density at radius 1 is 1.22 bits per heavy atom. The van der Waals surface area contributed by atoms with E-state index in [0.717, 1.165) is 16.0 Å². The number of nitrogens with two attached hydrogens (primary N) is 1. The highest BCUT2D eigenvalue weighted by atomic mass is 35.5. The molecule has 3 N–H and O–H groups in total. The summed E-state index contributed by atoms with van der Waals surface area (Å²) in [7, 11) is 0. The summed E-state index contributed by atoms with van der Waals surface area (Å²) in [5, 5.41) is 21.6. The molecule has 0 saturated carbocycles. The molecule has 160 valence electrons. The number of nitrogens with one attached hydrogen (secondary N) is 1. The first-order valence-electron chi connectivity index (χ1n) is 8.99. The van der Waals surface area contributed by atoms with E-state index in [9.17, 15) is 19.7 Å². The van der Waals surface area contributed by atoms with Gasteiger partial charge in [0, 0.05) is 27.9 Å². The van der Waals surface area contributed by atoms with Gasteiger partial charge in [0.2, 0.25) is 0 Å². The topological polar surface area (TPSA) is 146 Å². The Morgan fingerprint density at radius 3 is 2.56 bits per heavy atom. The second-order valence-corrected chi connectivity index (χ2v) is 7.83. The number of nitrogen functional groups attached to an aromatic ring is 1. The number of carbonyl (C=O) groups excluding carboxylic acids is 1.